The Morgan fingerprint density at radius 1 is 1.32 bits per heavy atom. The van der Waals surface area contributed by atoms with Gasteiger partial charge in [-0.15, -0.1) is 0 Å². The highest BCUT2D eigenvalue weighted by atomic mass is 35.5. The average molecular weight is 376 g/mol. The SMILES string of the molecule is CCCn1c(=NC(=O)c2cccc(Cl)c2)sc2cc([N+](=O)[O-])ccc21. The Bertz CT molecular complexity index is 1040. The number of aromatic nitrogens is 1. The number of hydrogen-bond donors (Lipinski definition) is 0. The van der Waals surface area contributed by atoms with Gasteiger partial charge < -0.3 is 4.57 Å². The molecule has 1 heterocycles. The maximum absolute atomic E-state index is 12.4. The van der Waals surface area contributed by atoms with E-state index in [9.17, 15) is 14.9 Å². The highest BCUT2D eigenvalue weighted by Crippen LogP contribution is 2.23. The number of carbonyl (C=O) groups excluding carboxylic acids is 1. The molecule has 0 saturated heterocycles. The second kappa shape index (κ2) is 7.16. The standard InChI is InChI=1S/C17H14ClN3O3S/c1-2-8-20-14-7-6-13(21(23)24)10-15(14)25-17(20)19-16(22)11-4-3-5-12(18)9-11/h3-7,9-10H,2,8H2,1H3. The number of hydrogen-bond acceptors (Lipinski definition) is 4. The predicted octanol–water partition coefficient (Wildman–Crippen LogP) is 4.42. The number of rotatable bonds is 4. The van der Waals surface area contributed by atoms with Crippen LogP contribution in [0.3, 0.4) is 0 Å². The second-order valence-electron chi connectivity index (χ2n) is 5.37. The minimum atomic E-state index is -0.433. The first kappa shape index (κ1) is 17.3. The number of nitrogens with zero attached hydrogens (tertiary/aromatic N) is 3. The monoisotopic (exact) mass is 375 g/mol. The summed E-state index contributed by atoms with van der Waals surface area (Å²) in [6, 6.07) is 11.3. The summed E-state index contributed by atoms with van der Waals surface area (Å²) >= 11 is 7.18. The smallest absolute Gasteiger partial charge is 0.279 e. The van der Waals surface area contributed by atoms with Crippen LogP contribution >= 0.6 is 22.9 Å². The van der Waals surface area contributed by atoms with Crippen molar-refractivity contribution >= 4 is 44.7 Å². The molecule has 1 aromatic heterocycles. The van der Waals surface area contributed by atoms with Gasteiger partial charge in [-0.1, -0.05) is 35.9 Å². The number of nitro benzene ring substituents is 1. The highest BCUT2D eigenvalue weighted by molar-refractivity contribution is 7.16. The molecule has 1 amide bonds. The van der Waals surface area contributed by atoms with E-state index in [-0.39, 0.29) is 5.69 Å². The number of carbonyl (C=O) groups is 1. The molecule has 0 saturated carbocycles. The van der Waals surface area contributed by atoms with Gasteiger partial charge in [-0.05, 0) is 30.7 Å². The number of benzene rings is 2. The molecule has 2 aromatic carbocycles. The van der Waals surface area contributed by atoms with Crippen molar-refractivity contribution < 1.29 is 9.72 Å². The molecule has 0 radical (unpaired) electrons. The molecule has 0 aliphatic heterocycles. The molecule has 0 unspecified atom stereocenters. The van der Waals surface area contributed by atoms with Crippen molar-refractivity contribution in [1.82, 2.24) is 4.57 Å². The van der Waals surface area contributed by atoms with Gasteiger partial charge in [0.05, 0.1) is 15.1 Å². The summed E-state index contributed by atoms with van der Waals surface area (Å²) in [5.41, 5.74) is 1.25. The van der Waals surface area contributed by atoms with Gasteiger partial charge in [0.1, 0.15) is 0 Å². The van der Waals surface area contributed by atoms with Gasteiger partial charge >= 0.3 is 0 Å². The van der Waals surface area contributed by atoms with Gasteiger partial charge in [0.25, 0.3) is 11.6 Å². The molecule has 6 nitrogen and oxygen atoms in total. The van der Waals surface area contributed by atoms with Crippen molar-refractivity contribution in [3.8, 4) is 0 Å². The van der Waals surface area contributed by atoms with Gasteiger partial charge in [0.15, 0.2) is 4.80 Å². The predicted molar refractivity (Wildman–Crippen MR) is 98.1 cm³/mol. The molecule has 0 aliphatic carbocycles. The summed E-state index contributed by atoms with van der Waals surface area (Å²) in [7, 11) is 0. The van der Waals surface area contributed by atoms with Crippen LogP contribution in [0.5, 0.6) is 0 Å². The summed E-state index contributed by atoms with van der Waals surface area (Å²) in [5.74, 6) is -0.395. The first-order valence-corrected chi connectivity index (χ1v) is 8.81. The molecule has 0 aliphatic rings. The van der Waals surface area contributed by atoms with Crippen LogP contribution in [0.25, 0.3) is 10.2 Å². The molecular formula is C17H14ClN3O3S. The van der Waals surface area contributed by atoms with Gasteiger partial charge in [0, 0.05) is 29.3 Å². The van der Waals surface area contributed by atoms with Crippen LogP contribution in [0.2, 0.25) is 5.02 Å². The fourth-order valence-corrected chi connectivity index (χ4v) is 3.75. The van der Waals surface area contributed by atoms with E-state index >= 15 is 0 Å². The lowest BCUT2D eigenvalue weighted by molar-refractivity contribution is -0.384. The summed E-state index contributed by atoms with van der Waals surface area (Å²) < 4.78 is 2.63. The summed E-state index contributed by atoms with van der Waals surface area (Å²) in [5, 5.41) is 11.4. The van der Waals surface area contributed by atoms with Crippen molar-refractivity contribution in [3.63, 3.8) is 0 Å². The van der Waals surface area contributed by atoms with Crippen LogP contribution < -0.4 is 4.80 Å². The second-order valence-corrected chi connectivity index (χ2v) is 6.82. The van der Waals surface area contributed by atoms with Crippen molar-refractivity contribution in [2.75, 3.05) is 0 Å². The van der Waals surface area contributed by atoms with Gasteiger partial charge in [-0.3, -0.25) is 14.9 Å². The maximum atomic E-state index is 12.4. The van der Waals surface area contributed by atoms with Gasteiger partial charge in [-0.25, -0.2) is 0 Å². The number of aryl methyl sites for hydroxylation is 1. The van der Waals surface area contributed by atoms with Crippen LogP contribution in [0.4, 0.5) is 5.69 Å². The molecule has 3 rings (SSSR count). The minimum absolute atomic E-state index is 0.0186. The lowest BCUT2D eigenvalue weighted by Gasteiger charge is -2.02. The molecular weight excluding hydrogens is 362 g/mol. The number of fused-ring (bicyclic) bond motifs is 1. The lowest BCUT2D eigenvalue weighted by Crippen LogP contribution is -2.16. The number of nitro groups is 1. The highest BCUT2D eigenvalue weighted by Gasteiger charge is 2.13. The van der Waals surface area contributed by atoms with Crippen LogP contribution in [0.1, 0.15) is 23.7 Å². The van der Waals surface area contributed by atoms with E-state index in [0.29, 0.717) is 21.9 Å². The minimum Gasteiger partial charge on any atom is -0.316 e. The normalized spacial score (nSPS) is 11.8. The number of halogens is 1. The van der Waals surface area contributed by atoms with Crippen molar-refractivity contribution in [2.24, 2.45) is 4.99 Å². The number of amides is 1. The Hall–Kier alpha value is -2.51. The van der Waals surface area contributed by atoms with Gasteiger partial charge in [0.2, 0.25) is 0 Å². The molecule has 8 heteroatoms. The largest absolute Gasteiger partial charge is 0.316 e. The van der Waals surface area contributed by atoms with E-state index in [1.54, 1.807) is 30.3 Å². The van der Waals surface area contributed by atoms with Crippen LogP contribution in [-0.4, -0.2) is 15.4 Å². The van der Waals surface area contributed by atoms with E-state index in [1.807, 2.05) is 11.5 Å². The molecule has 0 atom stereocenters. The molecule has 0 bridgehead atoms. The van der Waals surface area contributed by atoms with Crippen molar-refractivity contribution in [1.29, 1.82) is 0 Å². The average Bonchev–Trinajstić information content (AvgIpc) is 2.92. The Morgan fingerprint density at radius 2 is 2.12 bits per heavy atom. The Kier molecular flexibility index (Phi) is 4.96. The number of non-ortho nitro benzene ring substituents is 1. The van der Waals surface area contributed by atoms with E-state index in [4.69, 9.17) is 11.6 Å². The molecule has 0 spiro atoms. The zero-order chi connectivity index (χ0) is 18.0. The molecule has 128 valence electrons. The quantitative estimate of drug-likeness (QED) is 0.500. The van der Waals surface area contributed by atoms with Crippen LogP contribution in [0.15, 0.2) is 47.5 Å². The van der Waals surface area contributed by atoms with E-state index in [0.717, 1.165) is 16.6 Å². The van der Waals surface area contributed by atoms with Crippen molar-refractivity contribution in [2.45, 2.75) is 19.9 Å². The maximum Gasteiger partial charge on any atom is 0.279 e. The third-order valence-electron chi connectivity index (χ3n) is 3.59. The number of thiazole rings is 1. The summed E-state index contributed by atoms with van der Waals surface area (Å²) in [6.07, 6.45) is 0.849. The van der Waals surface area contributed by atoms with Crippen LogP contribution in [0, 0.1) is 10.1 Å². The van der Waals surface area contributed by atoms with Crippen molar-refractivity contribution in [3.05, 3.63) is 68.0 Å². The fraction of sp³-hybridized carbons (Fsp3) is 0.176. The van der Waals surface area contributed by atoms with Gasteiger partial charge in [-0.2, -0.15) is 4.99 Å². The third-order valence-corrected chi connectivity index (χ3v) is 4.87. The summed E-state index contributed by atoms with van der Waals surface area (Å²) in [4.78, 5) is 27.7. The van der Waals surface area contributed by atoms with E-state index in [1.165, 1.54) is 23.5 Å². The lowest BCUT2D eigenvalue weighted by atomic mass is 10.2. The zero-order valence-corrected chi connectivity index (χ0v) is 14.9. The molecule has 0 fully saturated rings. The Morgan fingerprint density at radius 3 is 2.80 bits per heavy atom. The first-order chi connectivity index (χ1) is 12.0. The Labute approximate surface area is 152 Å². The fourth-order valence-electron chi connectivity index (χ4n) is 2.47. The summed E-state index contributed by atoms with van der Waals surface area (Å²) in [6.45, 7) is 2.68. The third kappa shape index (κ3) is 3.62. The topological polar surface area (TPSA) is 77.5 Å². The first-order valence-electron chi connectivity index (χ1n) is 7.62. The van der Waals surface area contributed by atoms with E-state index < -0.39 is 10.8 Å². The Balaban J connectivity index is 2.15. The zero-order valence-electron chi connectivity index (χ0n) is 13.3. The molecule has 0 N–H and O–H groups in total. The van der Waals surface area contributed by atoms with Crippen LogP contribution in [-0.2, 0) is 6.54 Å². The van der Waals surface area contributed by atoms with E-state index in [2.05, 4.69) is 4.99 Å². The molecule has 3 aromatic rings. The molecule has 25 heavy (non-hydrogen) atoms.